The first-order chi connectivity index (χ1) is 19.2. The van der Waals surface area contributed by atoms with Crippen molar-refractivity contribution >= 4 is 23.4 Å². The summed E-state index contributed by atoms with van der Waals surface area (Å²) >= 11 is 6.22. The topological polar surface area (TPSA) is 112 Å². The van der Waals surface area contributed by atoms with Crippen LogP contribution in [0.1, 0.15) is 41.8 Å². The zero-order chi connectivity index (χ0) is 28.4. The molecule has 218 valence electrons. The van der Waals surface area contributed by atoms with E-state index in [0.717, 1.165) is 16.7 Å². The van der Waals surface area contributed by atoms with E-state index in [4.69, 9.17) is 25.9 Å². The molecule has 0 bridgehead atoms. The maximum Gasteiger partial charge on any atom is 0.280 e. The van der Waals surface area contributed by atoms with Crippen molar-refractivity contribution in [3.05, 3.63) is 86.4 Å². The van der Waals surface area contributed by atoms with Crippen LogP contribution in [0, 0.1) is 18.6 Å². The van der Waals surface area contributed by atoms with Crippen LogP contribution < -0.4 is 15.6 Å². The van der Waals surface area contributed by atoms with Gasteiger partial charge in [-0.05, 0) is 49.6 Å². The molecule has 0 aliphatic carbocycles. The second kappa shape index (κ2) is 12.8. The molecular formula is C28H29ClF2N4O6. The zero-order valence-corrected chi connectivity index (χ0v) is 22.1. The van der Waals surface area contributed by atoms with Crippen molar-refractivity contribution in [2.24, 2.45) is 0 Å². The standard InChI is InChI=1S/C27H25ClF2N4O6.CH4/c1-15-2-3-16(24(35)32-21-13-40-34(26(21)36)19-6-8-38-9-7-19)10-22(15)33-14-31-25(23(28)27(33)37)39-12-17-4-5-18(29)11-20(17)30;/h2-5,10-11,14,19,21H,6-9,12-13H2,1H3,(H,32,35);1H4/t21-;/m1./s1. The van der Waals surface area contributed by atoms with Crippen LogP contribution >= 0.6 is 11.6 Å². The van der Waals surface area contributed by atoms with Gasteiger partial charge in [0.15, 0.2) is 5.02 Å². The molecule has 13 heteroatoms. The smallest absolute Gasteiger partial charge is 0.280 e. The molecule has 1 aromatic heterocycles. The van der Waals surface area contributed by atoms with E-state index in [-0.39, 0.29) is 54.6 Å². The number of hydroxylamine groups is 2. The van der Waals surface area contributed by atoms with Crippen LogP contribution in [-0.4, -0.2) is 58.3 Å². The largest absolute Gasteiger partial charge is 0.471 e. The molecule has 5 rings (SSSR count). The number of aromatic nitrogens is 2. The fraction of sp³-hybridized carbons (Fsp3) is 0.357. The molecule has 10 nitrogen and oxygen atoms in total. The van der Waals surface area contributed by atoms with Gasteiger partial charge in [-0.25, -0.2) is 18.8 Å². The molecule has 2 fully saturated rings. The third kappa shape index (κ3) is 6.39. The summed E-state index contributed by atoms with van der Waals surface area (Å²) in [6.07, 6.45) is 2.49. The highest BCUT2D eigenvalue weighted by Gasteiger charge is 2.39. The van der Waals surface area contributed by atoms with Gasteiger partial charge in [-0.1, -0.05) is 25.1 Å². The van der Waals surface area contributed by atoms with Gasteiger partial charge in [0.2, 0.25) is 5.88 Å². The molecule has 2 amide bonds. The number of nitrogens with zero attached hydrogens (tertiary/aromatic N) is 3. The molecule has 1 atom stereocenters. The summed E-state index contributed by atoms with van der Waals surface area (Å²) < 4.78 is 38.9. The van der Waals surface area contributed by atoms with Crippen molar-refractivity contribution < 1.29 is 32.7 Å². The number of amides is 2. The molecule has 41 heavy (non-hydrogen) atoms. The lowest BCUT2D eigenvalue weighted by atomic mass is 10.1. The summed E-state index contributed by atoms with van der Waals surface area (Å²) in [6.45, 7) is 2.51. The van der Waals surface area contributed by atoms with Gasteiger partial charge in [0.05, 0.1) is 11.7 Å². The number of carbonyl (C=O) groups is 2. The van der Waals surface area contributed by atoms with Crippen LogP contribution in [0.15, 0.2) is 47.5 Å². The van der Waals surface area contributed by atoms with E-state index < -0.39 is 29.1 Å². The Bertz CT molecular complexity index is 1510. The Labute approximate surface area is 239 Å². The van der Waals surface area contributed by atoms with Crippen LogP contribution in [0.5, 0.6) is 5.88 Å². The Morgan fingerprint density at radius 3 is 2.66 bits per heavy atom. The minimum absolute atomic E-state index is 0. The lowest BCUT2D eigenvalue weighted by Gasteiger charge is -2.29. The Morgan fingerprint density at radius 2 is 1.93 bits per heavy atom. The van der Waals surface area contributed by atoms with Crippen molar-refractivity contribution in [1.82, 2.24) is 19.9 Å². The first-order valence-corrected chi connectivity index (χ1v) is 12.9. The number of hydrogen-bond acceptors (Lipinski definition) is 7. The van der Waals surface area contributed by atoms with Crippen molar-refractivity contribution in [1.29, 1.82) is 0 Å². The first kappa shape index (κ1) is 30.1. The minimum Gasteiger partial charge on any atom is -0.471 e. The SMILES string of the molecule is C.Cc1ccc(C(=O)N[C@@H]2CON(C3CCOCC3)C2=O)cc1-n1cnc(OCc2ccc(F)cc2F)c(Cl)c1=O. The van der Waals surface area contributed by atoms with Gasteiger partial charge in [0.25, 0.3) is 17.4 Å². The van der Waals surface area contributed by atoms with E-state index >= 15 is 0 Å². The van der Waals surface area contributed by atoms with E-state index in [1.165, 1.54) is 23.5 Å². The number of halogens is 3. The van der Waals surface area contributed by atoms with Crippen LogP contribution in [0.25, 0.3) is 5.69 Å². The number of nitrogens with one attached hydrogen (secondary N) is 1. The van der Waals surface area contributed by atoms with Gasteiger partial charge >= 0.3 is 0 Å². The predicted molar refractivity (Wildman–Crippen MR) is 145 cm³/mol. The molecule has 3 aromatic rings. The van der Waals surface area contributed by atoms with Crippen molar-refractivity contribution in [3.63, 3.8) is 0 Å². The molecule has 1 N–H and O–H groups in total. The number of benzene rings is 2. The highest BCUT2D eigenvalue weighted by molar-refractivity contribution is 6.31. The van der Waals surface area contributed by atoms with Gasteiger partial charge in [-0.3, -0.25) is 23.8 Å². The highest BCUT2D eigenvalue weighted by Crippen LogP contribution is 2.23. The van der Waals surface area contributed by atoms with Gasteiger partial charge in [0.1, 0.15) is 37.2 Å². The Morgan fingerprint density at radius 1 is 1.17 bits per heavy atom. The van der Waals surface area contributed by atoms with Crippen LogP contribution in [0.2, 0.25) is 5.02 Å². The second-order valence-electron chi connectivity index (χ2n) is 9.39. The summed E-state index contributed by atoms with van der Waals surface area (Å²) in [4.78, 5) is 48.6. The molecule has 2 saturated heterocycles. The summed E-state index contributed by atoms with van der Waals surface area (Å²) in [5.74, 6) is -2.61. The Hall–Kier alpha value is -3.87. The normalized spacial score (nSPS) is 17.3. The Balaban J connectivity index is 0.00000387. The molecular weight excluding hydrogens is 562 g/mol. The third-order valence-corrected chi connectivity index (χ3v) is 7.04. The quantitative estimate of drug-likeness (QED) is 0.446. The number of aryl methyl sites for hydroxylation is 1. The van der Waals surface area contributed by atoms with E-state index in [2.05, 4.69) is 10.3 Å². The molecule has 3 heterocycles. The molecule has 2 aromatic carbocycles. The summed E-state index contributed by atoms with van der Waals surface area (Å²) in [7, 11) is 0. The number of carbonyl (C=O) groups excluding carboxylic acids is 2. The summed E-state index contributed by atoms with van der Waals surface area (Å²) in [5, 5.41) is 3.67. The van der Waals surface area contributed by atoms with E-state index in [1.54, 1.807) is 19.1 Å². The fourth-order valence-electron chi connectivity index (χ4n) is 4.48. The summed E-state index contributed by atoms with van der Waals surface area (Å²) in [5.41, 5.74) is 0.553. The van der Waals surface area contributed by atoms with Gasteiger partial charge in [-0.2, -0.15) is 0 Å². The number of rotatable bonds is 7. The maximum absolute atomic E-state index is 13.9. The van der Waals surface area contributed by atoms with Crippen molar-refractivity contribution in [2.45, 2.75) is 45.9 Å². The molecule has 2 aliphatic heterocycles. The van der Waals surface area contributed by atoms with Gasteiger partial charge < -0.3 is 14.8 Å². The molecule has 0 radical (unpaired) electrons. The van der Waals surface area contributed by atoms with Gasteiger partial charge in [-0.15, -0.1) is 0 Å². The van der Waals surface area contributed by atoms with E-state index in [0.29, 0.717) is 37.3 Å². The number of ether oxygens (including phenoxy) is 2. The van der Waals surface area contributed by atoms with Crippen molar-refractivity contribution in [3.8, 4) is 11.6 Å². The zero-order valence-electron chi connectivity index (χ0n) is 21.4. The maximum atomic E-state index is 13.9. The number of hydrogen-bond donors (Lipinski definition) is 1. The fourth-order valence-corrected chi connectivity index (χ4v) is 4.67. The lowest BCUT2D eigenvalue weighted by Crippen LogP contribution is -2.46. The molecule has 0 saturated carbocycles. The van der Waals surface area contributed by atoms with Gasteiger partial charge in [0, 0.05) is 30.4 Å². The lowest BCUT2D eigenvalue weighted by molar-refractivity contribution is -0.181. The molecule has 0 unspecified atom stereocenters. The van der Waals surface area contributed by atoms with Crippen LogP contribution in [0.4, 0.5) is 8.78 Å². The first-order valence-electron chi connectivity index (χ1n) is 12.5. The summed E-state index contributed by atoms with van der Waals surface area (Å²) in [6, 6.07) is 6.77. The average Bonchev–Trinajstić information content (AvgIpc) is 3.31. The second-order valence-corrected chi connectivity index (χ2v) is 9.77. The Kier molecular flexibility index (Phi) is 9.36. The highest BCUT2D eigenvalue weighted by atomic mass is 35.5. The average molecular weight is 591 g/mol. The van der Waals surface area contributed by atoms with E-state index in [1.807, 2.05) is 0 Å². The molecule has 0 spiro atoms. The third-order valence-electron chi connectivity index (χ3n) is 6.72. The van der Waals surface area contributed by atoms with Crippen molar-refractivity contribution in [2.75, 3.05) is 19.8 Å². The van der Waals surface area contributed by atoms with E-state index in [9.17, 15) is 23.2 Å². The molecule has 2 aliphatic rings. The van der Waals surface area contributed by atoms with Crippen LogP contribution in [-0.2, 0) is 21.0 Å². The van der Waals surface area contributed by atoms with Crippen LogP contribution in [0.3, 0.4) is 0 Å². The monoisotopic (exact) mass is 590 g/mol. The minimum atomic E-state index is -0.846. The predicted octanol–water partition coefficient (Wildman–Crippen LogP) is 3.74.